The number of benzene rings is 2. The minimum absolute atomic E-state index is 0.0637. The minimum atomic E-state index is -3.51. The molecule has 17 heteroatoms. The van der Waals surface area contributed by atoms with Gasteiger partial charge in [-0.25, -0.2) is 31.3 Å². The Labute approximate surface area is 315 Å². The number of alkyl halides is 6. The Morgan fingerprint density at radius 2 is 1.75 bits per heavy atom. The van der Waals surface area contributed by atoms with Crippen molar-refractivity contribution in [3.8, 4) is 23.0 Å². The number of para-hydroxylation sites is 1. The van der Waals surface area contributed by atoms with E-state index in [0.29, 0.717) is 32.8 Å². The van der Waals surface area contributed by atoms with Crippen LogP contribution < -0.4 is 10.6 Å². The molecule has 7 rings (SSSR count). The van der Waals surface area contributed by atoms with E-state index >= 15 is 8.78 Å². The zero-order chi connectivity index (χ0) is 40.3. The SMILES string of the molecule is Cn1nc(NCC(F)F)c2cccc(-c3ccc(C#CC(C)(C)O)nc3[C@H](Cc3cc(F)cc(F)c3)NC(=O)Cn3nc(C(F)F)c4c3C(F)(F)[C@@H]3CC[C@H]43)c21. The highest BCUT2D eigenvalue weighted by atomic mass is 19.3. The average Bonchev–Trinajstić information content (AvgIpc) is 3.66. The van der Waals surface area contributed by atoms with E-state index in [0.717, 1.165) is 12.1 Å². The smallest absolute Gasteiger partial charge is 0.293 e. The Kier molecular flexibility index (Phi) is 10.1. The number of aromatic nitrogens is 5. The van der Waals surface area contributed by atoms with Crippen molar-refractivity contribution >= 4 is 22.6 Å². The number of carbonyl (C=O) groups is 1. The molecule has 0 unspecified atom stereocenters. The number of anilines is 1. The Hall–Kier alpha value is -5.50. The molecule has 3 atom stereocenters. The van der Waals surface area contributed by atoms with Gasteiger partial charge < -0.3 is 15.7 Å². The lowest BCUT2D eigenvalue weighted by Crippen LogP contribution is -2.36. The number of nitrogens with one attached hydrogen (secondary N) is 2. The number of carbonyl (C=O) groups excluding carboxylic acids is 1. The van der Waals surface area contributed by atoms with Crippen LogP contribution in [0, 0.1) is 29.4 Å². The molecule has 1 fully saturated rings. The third-order valence-corrected chi connectivity index (χ3v) is 9.97. The summed E-state index contributed by atoms with van der Waals surface area (Å²) in [5.41, 5.74) is -1.76. The van der Waals surface area contributed by atoms with E-state index in [1.807, 2.05) is 0 Å². The van der Waals surface area contributed by atoms with E-state index in [2.05, 4.69) is 32.7 Å². The Balaban J connectivity index is 1.36. The first-order valence-corrected chi connectivity index (χ1v) is 17.7. The van der Waals surface area contributed by atoms with E-state index < -0.39 is 84.3 Å². The summed E-state index contributed by atoms with van der Waals surface area (Å²) < 4.78 is 117. The normalized spacial score (nSPS) is 17.7. The number of aliphatic hydroxyl groups is 1. The van der Waals surface area contributed by atoms with Crippen molar-refractivity contribution in [1.29, 1.82) is 0 Å². The number of halogens is 8. The molecule has 5 aromatic rings. The molecule has 0 radical (unpaired) electrons. The Morgan fingerprint density at radius 3 is 2.39 bits per heavy atom. The molecule has 0 bridgehead atoms. The maximum absolute atomic E-state index is 15.6. The van der Waals surface area contributed by atoms with Gasteiger partial charge in [0.15, 0.2) is 5.82 Å². The van der Waals surface area contributed by atoms with Crippen LogP contribution in [0.2, 0.25) is 0 Å². The maximum atomic E-state index is 15.6. The van der Waals surface area contributed by atoms with Gasteiger partial charge in [0.1, 0.15) is 40.9 Å². The predicted molar refractivity (Wildman–Crippen MR) is 189 cm³/mol. The van der Waals surface area contributed by atoms with E-state index in [9.17, 15) is 36.2 Å². The fourth-order valence-electron chi connectivity index (χ4n) is 7.61. The van der Waals surface area contributed by atoms with Crippen molar-refractivity contribution in [2.24, 2.45) is 13.0 Å². The number of hydrogen-bond donors (Lipinski definition) is 3. The van der Waals surface area contributed by atoms with E-state index in [-0.39, 0.29) is 47.6 Å². The molecule has 9 nitrogen and oxygen atoms in total. The van der Waals surface area contributed by atoms with Crippen molar-refractivity contribution in [3.63, 3.8) is 0 Å². The first-order valence-electron chi connectivity index (χ1n) is 17.7. The zero-order valence-corrected chi connectivity index (χ0v) is 30.2. The van der Waals surface area contributed by atoms with Crippen LogP contribution in [0.3, 0.4) is 0 Å². The summed E-state index contributed by atoms with van der Waals surface area (Å²) in [6.07, 6.45) is -5.75. The third kappa shape index (κ3) is 7.41. The molecule has 0 saturated heterocycles. The number of amides is 1. The lowest BCUT2D eigenvalue weighted by molar-refractivity contribution is -0.123. The summed E-state index contributed by atoms with van der Waals surface area (Å²) in [4.78, 5) is 18.7. The highest BCUT2D eigenvalue weighted by molar-refractivity contribution is 6.00. The van der Waals surface area contributed by atoms with Crippen LogP contribution in [-0.2, 0) is 30.7 Å². The first kappa shape index (κ1) is 38.8. The Morgan fingerprint density at radius 1 is 1.02 bits per heavy atom. The Bertz CT molecular complexity index is 2370. The van der Waals surface area contributed by atoms with Crippen molar-refractivity contribution < 1.29 is 45.0 Å². The van der Waals surface area contributed by atoms with E-state index in [4.69, 9.17) is 4.98 Å². The monoisotopic (exact) mass is 785 g/mol. The lowest BCUT2D eigenvalue weighted by atomic mass is 9.73. The molecule has 3 heterocycles. The van der Waals surface area contributed by atoms with Crippen molar-refractivity contribution in [2.45, 2.75) is 76.0 Å². The van der Waals surface area contributed by atoms with Crippen LogP contribution in [0.15, 0.2) is 48.5 Å². The average molecular weight is 786 g/mol. The summed E-state index contributed by atoms with van der Waals surface area (Å²) in [7, 11) is 1.59. The van der Waals surface area contributed by atoms with Crippen LogP contribution >= 0.6 is 0 Å². The summed E-state index contributed by atoms with van der Waals surface area (Å²) in [6.45, 7) is 1.31. The molecule has 1 saturated carbocycles. The largest absolute Gasteiger partial charge is 0.378 e. The predicted octanol–water partition coefficient (Wildman–Crippen LogP) is 7.55. The van der Waals surface area contributed by atoms with Crippen LogP contribution in [0.1, 0.15) is 79.0 Å². The molecule has 2 aromatic carbocycles. The summed E-state index contributed by atoms with van der Waals surface area (Å²) in [5.74, 6) is -2.72. The van der Waals surface area contributed by atoms with Gasteiger partial charge in [0.25, 0.3) is 18.8 Å². The van der Waals surface area contributed by atoms with Crippen LogP contribution in [0.5, 0.6) is 0 Å². The van der Waals surface area contributed by atoms with Crippen LogP contribution in [-0.4, -0.2) is 54.1 Å². The molecular formula is C39H35F8N7O2. The van der Waals surface area contributed by atoms with Gasteiger partial charge in [-0.2, -0.15) is 19.0 Å². The van der Waals surface area contributed by atoms with Crippen molar-refractivity contribution in [1.82, 2.24) is 29.9 Å². The standard InChI is InChI=1S/C39H35F8N7O2/c1-38(2,56)12-11-22-7-8-23(24-5-4-6-26-34(24)53(3)52-37(26)48-17-29(42)43)32(49-22)28(15-19-13-20(40)16-21(41)14-19)50-30(55)18-54-35-31(33(51-54)36(44)45)25-9-10-27(25)39(35,46)47/h4-8,13-14,16,25,27-29,36,56H,9-10,15,17-18H2,1-3H3,(H,48,52)(H,50,55)/t25-,27+,28-/m0/s1. The molecule has 2 aliphatic rings. The van der Waals surface area contributed by atoms with Gasteiger partial charge >= 0.3 is 0 Å². The molecule has 56 heavy (non-hydrogen) atoms. The molecule has 294 valence electrons. The van der Waals surface area contributed by atoms with Crippen molar-refractivity contribution in [2.75, 3.05) is 11.9 Å². The number of nitrogens with zero attached hydrogens (tertiary/aromatic N) is 5. The number of aryl methyl sites for hydroxylation is 1. The second-order valence-corrected chi connectivity index (χ2v) is 14.5. The summed E-state index contributed by atoms with van der Waals surface area (Å²) in [6, 6.07) is 9.55. The molecule has 3 aromatic heterocycles. The zero-order valence-electron chi connectivity index (χ0n) is 30.2. The number of pyridine rings is 1. The van der Waals surface area contributed by atoms with E-state index in [1.54, 1.807) is 31.3 Å². The highest BCUT2D eigenvalue weighted by Gasteiger charge is 2.62. The molecule has 3 N–H and O–H groups in total. The number of rotatable bonds is 11. The van der Waals surface area contributed by atoms with Crippen molar-refractivity contribution in [3.05, 3.63) is 94.1 Å². The second kappa shape index (κ2) is 14.5. The van der Waals surface area contributed by atoms with Gasteiger partial charge in [0.2, 0.25) is 5.91 Å². The first-order chi connectivity index (χ1) is 26.4. The van der Waals surface area contributed by atoms with Gasteiger partial charge in [-0.15, -0.1) is 0 Å². The fraction of sp³-hybridized carbons (Fsp3) is 0.385. The highest BCUT2D eigenvalue weighted by Crippen LogP contribution is 2.63. The maximum Gasteiger partial charge on any atom is 0.293 e. The number of fused-ring (bicyclic) bond motifs is 4. The summed E-state index contributed by atoms with van der Waals surface area (Å²) in [5, 5.41) is 24.2. The summed E-state index contributed by atoms with van der Waals surface area (Å²) >= 11 is 0. The topological polar surface area (TPSA) is 110 Å². The third-order valence-electron chi connectivity index (χ3n) is 9.97. The molecule has 2 aliphatic carbocycles. The van der Waals surface area contributed by atoms with Gasteiger partial charge in [-0.1, -0.05) is 18.1 Å². The van der Waals surface area contributed by atoms with E-state index in [1.165, 1.54) is 24.6 Å². The molecule has 1 amide bonds. The van der Waals surface area contributed by atoms with Crippen LogP contribution in [0.4, 0.5) is 40.9 Å². The lowest BCUT2D eigenvalue weighted by Gasteiger charge is -2.34. The fourth-order valence-corrected chi connectivity index (χ4v) is 7.61. The van der Waals surface area contributed by atoms with Gasteiger partial charge in [0.05, 0.1) is 23.8 Å². The van der Waals surface area contributed by atoms with Gasteiger partial charge in [0, 0.05) is 41.1 Å². The van der Waals surface area contributed by atoms with Gasteiger partial charge in [-0.05, 0) is 80.8 Å². The molecular weight excluding hydrogens is 750 g/mol. The number of hydrogen-bond acceptors (Lipinski definition) is 6. The van der Waals surface area contributed by atoms with Gasteiger partial charge in [-0.3, -0.25) is 14.2 Å². The molecule has 0 spiro atoms. The second-order valence-electron chi connectivity index (χ2n) is 14.5. The van der Waals surface area contributed by atoms with Crippen LogP contribution in [0.25, 0.3) is 22.0 Å². The quantitative estimate of drug-likeness (QED) is 0.0944. The molecule has 0 aliphatic heterocycles. The minimum Gasteiger partial charge on any atom is -0.378 e.